The number of rotatable bonds is 7. The van der Waals surface area contributed by atoms with Crippen molar-refractivity contribution in [3.8, 4) is 5.75 Å². The fourth-order valence-corrected chi connectivity index (χ4v) is 3.49. The smallest absolute Gasteiger partial charge is 0.344 e. The summed E-state index contributed by atoms with van der Waals surface area (Å²) in [6.45, 7) is -0.126. The first-order valence-corrected chi connectivity index (χ1v) is 10.1. The summed E-state index contributed by atoms with van der Waals surface area (Å²) in [5.41, 5.74) is 1.15. The second-order valence-electron chi connectivity index (χ2n) is 7.17. The molecular formula is C24H22N2O5. The van der Waals surface area contributed by atoms with Gasteiger partial charge in [0.25, 0.3) is 5.91 Å². The van der Waals surface area contributed by atoms with E-state index in [1.165, 1.54) is 0 Å². The van der Waals surface area contributed by atoms with E-state index in [0.717, 1.165) is 17.2 Å². The predicted molar refractivity (Wildman–Crippen MR) is 117 cm³/mol. The Labute approximate surface area is 179 Å². The molecule has 1 saturated heterocycles. The molecule has 1 aliphatic rings. The molecule has 158 valence electrons. The Hall–Kier alpha value is -3.87. The zero-order chi connectivity index (χ0) is 21.6. The van der Waals surface area contributed by atoms with E-state index in [2.05, 4.69) is 5.32 Å². The van der Waals surface area contributed by atoms with Crippen molar-refractivity contribution in [3.63, 3.8) is 0 Å². The molecule has 0 bridgehead atoms. The summed E-state index contributed by atoms with van der Waals surface area (Å²) in [6, 6.07) is 20.4. The third-order valence-electron chi connectivity index (χ3n) is 4.98. The molecule has 1 fully saturated rings. The summed E-state index contributed by atoms with van der Waals surface area (Å²) in [5, 5.41) is 4.78. The fraction of sp³-hybridized carbons (Fsp3) is 0.208. The van der Waals surface area contributed by atoms with Crippen LogP contribution in [0.3, 0.4) is 0 Å². The molecule has 0 atom stereocenters. The SMILES string of the molecule is O=C(COC(=O)COc1ccc2ccccc2c1)Nc1ccccc1N1CCCC1=O. The van der Waals surface area contributed by atoms with E-state index in [0.29, 0.717) is 30.1 Å². The highest BCUT2D eigenvalue weighted by Gasteiger charge is 2.24. The number of nitrogens with one attached hydrogen (secondary N) is 1. The Bertz CT molecular complexity index is 1130. The van der Waals surface area contributed by atoms with Crippen molar-refractivity contribution in [1.29, 1.82) is 0 Å². The highest BCUT2D eigenvalue weighted by molar-refractivity contribution is 6.02. The second kappa shape index (κ2) is 9.30. The van der Waals surface area contributed by atoms with Crippen LogP contribution in [-0.4, -0.2) is 37.5 Å². The van der Waals surface area contributed by atoms with Gasteiger partial charge in [-0.1, -0.05) is 42.5 Å². The lowest BCUT2D eigenvalue weighted by Crippen LogP contribution is -2.27. The van der Waals surface area contributed by atoms with Crippen LogP contribution in [0.1, 0.15) is 12.8 Å². The molecule has 7 nitrogen and oxygen atoms in total. The summed E-state index contributed by atoms with van der Waals surface area (Å²) >= 11 is 0. The van der Waals surface area contributed by atoms with Crippen LogP contribution in [0.15, 0.2) is 66.7 Å². The summed E-state index contributed by atoms with van der Waals surface area (Å²) in [5.74, 6) is -0.562. The Kier molecular flexibility index (Phi) is 6.12. The average Bonchev–Trinajstić information content (AvgIpc) is 3.22. The molecule has 0 unspecified atom stereocenters. The number of fused-ring (bicyclic) bond motifs is 1. The zero-order valence-corrected chi connectivity index (χ0v) is 16.9. The zero-order valence-electron chi connectivity index (χ0n) is 16.9. The van der Waals surface area contributed by atoms with Crippen LogP contribution in [0.4, 0.5) is 11.4 Å². The topological polar surface area (TPSA) is 84.9 Å². The lowest BCUT2D eigenvalue weighted by molar-refractivity contribution is -0.149. The van der Waals surface area contributed by atoms with E-state index < -0.39 is 18.5 Å². The maximum atomic E-state index is 12.3. The number of hydrogen-bond acceptors (Lipinski definition) is 5. The van der Waals surface area contributed by atoms with Crippen molar-refractivity contribution in [3.05, 3.63) is 66.7 Å². The van der Waals surface area contributed by atoms with Crippen molar-refractivity contribution >= 4 is 39.9 Å². The van der Waals surface area contributed by atoms with Crippen molar-refractivity contribution in [1.82, 2.24) is 0 Å². The number of ether oxygens (including phenoxy) is 2. The van der Waals surface area contributed by atoms with Gasteiger partial charge in [0.15, 0.2) is 13.2 Å². The molecule has 1 heterocycles. The first kappa shape index (κ1) is 20.4. The molecule has 0 spiro atoms. The highest BCUT2D eigenvalue weighted by atomic mass is 16.6. The third-order valence-corrected chi connectivity index (χ3v) is 4.98. The number of carbonyl (C=O) groups is 3. The quantitative estimate of drug-likeness (QED) is 0.594. The van der Waals surface area contributed by atoms with Gasteiger partial charge in [-0.05, 0) is 41.5 Å². The summed E-state index contributed by atoms with van der Waals surface area (Å²) in [7, 11) is 0. The monoisotopic (exact) mass is 418 g/mol. The Balaban J connectivity index is 1.28. The molecule has 31 heavy (non-hydrogen) atoms. The third kappa shape index (κ3) is 5.01. The molecule has 3 aromatic carbocycles. The number of benzene rings is 3. The summed E-state index contributed by atoms with van der Waals surface area (Å²) in [4.78, 5) is 37.9. The second-order valence-corrected chi connectivity index (χ2v) is 7.17. The minimum Gasteiger partial charge on any atom is -0.482 e. The number of anilines is 2. The van der Waals surface area contributed by atoms with E-state index in [1.54, 1.807) is 35.2 Å². The van der Waals surface area contributed by atoms with Crippen molar-refractivity contribution < 1.29 is 23.9 Å². The van der Waals surface area contributed by atoms with E-state index in [4.69, 9.17) is 9.47 Å². The number of amides is 2. The van der Waals surface area contributed by atoms with Gasteiger partial charge in [-0.25, -0.2) is 4.79 Å². The van der Waals surface area contributed by atoms with Gasteiger partial charge >= 0.3 is 5.97 Å². The van der Waals surface area contributed by atoms with Crippen LogP contribution < -0.4 is 15.0 Å². The Morgan fingerprint density at radius 3 is 2.52 bits per heavy atom. The van der Waals surface area contributed by atoms with Gasteiger partial charge in [0.1, 0.15) is 5.75 Å². The van der Waals surface area contributed by atoms with E-state index in [1.807, 2.05) is 36.4 Å². The summed E-state index contributed by atoms with van der Waals surface area (Å²) < 4.78 is 10.5. The molecular weight excluding hydrogens is 396 g/mol. The molecule has 0 aromatic heterocycles. The van der Waals surface area contributed by atoms with Gasteiger partial charge in [0.05, 0.1) is 11.4 Å². The Morgan fingerprint density at radius 2 is 1.71 bits per heavy atom. The van der Waals surface area contributed by atoms with E-state index in [9.17, 15) is 14.4 Å². The number of nitrogens with zero attached hydrogens (tertiary/aromatic N) is 1. The molecule has 0 radical (unpaired) electrons. The standard InChI is InChI=1S/C24H22N2O5/c27-22(25-20-8-3-4-9-21(20)26-13-5-10-23(26)28)15-31-24(29)16-30-19-12-11-17-6-1-2-7-18(17)14-19/h1-4,6-9,11-12,14H,5,10,13,15-16H2,(H,25,27). The van der Waals surface area contributed by atoms with Crippen LogP contribution in [0.25, 0.3) is 10.8 Å². The average molecular weight is 418 g/mol. The van der Waals surface area contributed by atoms with Crippen LogP contribution in [-0.2, 0) is 19.1 Å². The minimum absolute atomic E-state index is 0.0268. The maximum absolute atomic E-state index is 12.3. The molecule has 1 aliphatic heterocycles. The van der Waals surface area contributed by atoms with Crippen molar-refractivity contribution in [2.45, 2.75) is 12.8 Å². The molecule has 2 amide bonds. The number of esters is 1. The lowest BCUT2D eigenvalue weighted by atomic mass is 10.1. The van der Waals surface area contributed by atoms with Gasteiger partial charge in [0, 0.05) is 13.0 Å². The molecule has 0 saturated carbocycles. The van der Waals surface area contributed by atoms with E-state index in [-0.39, 0.29) is 12.5 Å². The van der Waals surface area contributed by atoms with Gasteiger partial charge < -0.3 is 19.7 Å². The highest BCUT2D eigenvalue weighted by Crippen LogP contribution is 2.29. The van der Waals surface area contributed by atoms with Crippen LogP contribution >= 0.6 is 0 Å². The van der Waals surface area contributed by atoms with Crippen LogP contribution in [0.2, 0.25) is 0 Å². The minimum atomic E-state index is -0.647. The lowest BCUT2D eigenvalue weighted by Gasteiger charge is -2.19. The normalized spacial score (nSPS) is 13.3. The molecule has 4 rings (SSSR count). The number of para-hydroxylation sites is 2. The van der Waals surface area contributed by atoms with E-state index >= 15 is 0 Å². The fourth-order valence-electron chi connectivity index (χ4n) is 3.49. The van der Waals surface area contributed by atoms with Crippen molar-refractivity contribution in [2.75, 3.05) is 30.0 Å². The molecule has 1 N–H and O–H groups in total. The maximum Gasteiger partial charge on any atom is 0.344 e. The van der Waals surface area contributed by atoms with Gasteiger partial charge in [-0.2, -0.15) is 0 Å². The van der Waals surface area contributed by atoms with Crippen molar-refractivity contribution in [2.24, 2.45) is 0 Å². The largest absolute Gasteiger partial charge is 0.482 e. The number of hydrogen-bond donors (Lipinski definition) is 1. The van der Waals surface area contributed by atoms with Gasteiger partial charge in [0.2, 0.25) is 5.91 Å². The molecule has 7 heteroatoms. The first-order valence-electron chi connectivity index (χ1n) is 10.1. The first-order chi connectivity index (χ1) is 15.1. The van der Waals surface area contributed by atoms with Gasteiger partial charge in [-0.15, -0.1) is 0 Å². The molecule has 0 aliphatic carbocycles. The van der Waals surface area contributed by atoms with Crippen LogP contribution in [0.5, 0.6) is 5.75 Å². The molecule has 3 aromatic rings. The predicted octanol–water partition coefficient (Wildman–Crippen LogP) is 3.53. The number of carbonyl (C=O) groups excluding carboxylic acids is 3. The van der Waals surface area contributed by atoms with Crippen LogP contribution in [0, 0.1) is 0 Å². The summed E-state index contributed by atoms with van der Waals surface area (Å²) in [6.07, 6.45) is 1.28. The van der Waals surface area contributed by atoms with Gasteiger partial charge in [-0.3, -0.25) is 9.59 Å². The Morgan fingerprint density at radius 1 is 0.935 bits per heavy atom.